The topological polar surface area (TPSA) is 43.8 Å². The van der Waals surface area contributed by atoms with Gasteiger partial charge in [-0.15, -0.1) is 0 Å². The molecular weight excluding hydrogens is 316 g/mol. The molecule has 1 aliphatic rings. The Hall–Kier alpha value is -1.95. The number of aromatic nitrogens is 1. The molecule has 1 aliphatic heterocycles. The molecule has 0 saturated carbocycles. The summed E-state index contributed by atoms with van der Waals surface area (Å²) in [6, 6.07) is 12.5. The van der Waals surface area contributed by atoms with E-state index in [2.05, 4.69) is 22.0 Å². The van der Waals surface area contributed by atoms with Crippen LogP contribution in [0.1, 0.15) is 17.5 Å². The lowest BCUT2D eigenvalue weighted by Gasteiger charge is -2.24. The van der Waals surface area contributed by atoms with Crippen molar-refractivity contribution < 1.29 is 14.2 Å². The molecule has 0 amide bonds. The summed E-state index contributed by atoms with van der Waals surface area (Å²) in [5, 5.41) is 0. The quantitative estimate of drug-likeness (QED) is 0.738. The molecule has 0 radical (unpaired) electrons. The van der Waals surface area contributed by atoms with Gasteiger partial charge in [-0.3, -0.25) is 9.88 Å². The molecule has 0 unspecified atom stereocenters. The average molecular weight is 342 g/mol. The maximum absolute atomic E-state index is 6.05. The van der Waals surface area contributed by atoms with E-state index in [1.165, 1.54) is 5.56 Å². The van der Waals surface area contributed by atoms with E-state index >= 15 is 0 Å². The highest BCUT2D eigenvalue weighted by atomic mass is 16.5. The van der Waals surface area contributed by atoms with Crippen molar-refractivity contribution in [3.05, 3.63) is 59.9 Å². The van der Waals surface area contributed by atoms with E-state index < -0.39 is 0 Å². The van der Waals surface area contributed by atoms with Gasteiger partial charge >= 0.3 is 0 Å². The third-order valence-electron chi connectivity index (χ3n) is 4.65. The van der Waals surface area contributed by atoms with Gasteiger partial charge in [-0.1, -0.05) is 24.3 Å². The van der Waals surface area contributed by atoms with Crippen LogP contribution in [0.2, 0.25) is 0 Å². The van der Waals surface area contributed by atoms with E-state index in [-0.39, 0.29) is 6.10 Å². The molecule has 1 aromatic carbocycles. The van der Waals surface area contributed by atoms with Crippen molar-refractivity contribution in [3.8, 4) is 5.75 Å². The fourth-order valence-corrected chi connectivity index (χ4v) is 3.31. The summed E-state index contributed by atoms with van der Waals surface area (Å²) in [6.45, 7) is 2.99. The highest BCUT2D eigenvalue weighted by Gasteiger charge is 2.32. The van der Waals surface area contributed by atoms with Crippen LogP contribution in [-0.4, -0.2) is 49.4 Å². The van der Waals surface area contributed by atoms with Crippen LogP contribution < -0.4 is 4.74 Å². The van der Waals surface area contributed by atoms with Crippen LogP contribution in [0, 0.1) is 0 Å². The minimum atomic E-state index is 0.267. The van der Waals surface area contributed by atoms with E-state index in [0.717, 1.165) is 37.4 Å². The van der Waals surface area contributed by atoms with Crippen molar-refractivity contribution in [1.29, 1.82) is 0 Å². The van der Waals surface area contributed by atoms with E-state index in [1.54, 1.807) is 20.4 Å². The molecule has 0 bridgehead atoms. The average Bonchev–Trinajstić information content (AvgIpc) is 3.04. The molecule has 0 aliphatic carbocycles. The molecule has 1 saturated heterocycles. The van der Waals surface area contributed by atoms with Gasteiger partial charge in [0.1, 0.15) is 12.4 Å². The van der Waals surface area contributed by atoms with Crippen molar-refractivity contribution in [1.82, 2.24) is 9.88 Å². The highest BCUT2D eigenvalue weighted by Crippen LogP contribution is 2.27. The molecule has 134 valence electrons. The van der Waals surface area contributed by atoms with Gasteiger partial charge in [0, 0.05) is 56.9 Å². The molecule has 3 rings (SSSR count). The molecule has 25 heavy (non-hydrogen) atoms. The summed E-state index contributed by atoms with van der Waals surface area (Å²) in [6.07, 6.45) is 4.88. The van der Waals surface area contributed by atoms with E-state index in [9.17, 15) is 0 Å². The highest BCUT2D eigenvalue weighted by molar-refractivity contribution is 5.33. The number of rotatable bonds is 8. The number of benzene rings is 1. The summed E-state index contributed by atoms with van der Waals surface area (Å²) in [5.74, 6) is 0.920. The van der Waals surface area contributed by atoms with Crippen LogP contribution in [0.5, 0.6) is 5.75 Å². The summed E-state index contributed by atoms with van der Waals surface area (Å²) in [5.41, 5.74) is 2.25. The Morgan fingerprint density at radius 1 is 1.16 bits per heavy atom. The van der Waals surface area contributed by atoms with Crippen LogP contribution >= 0.6 is 0 Å². The van der Waals surface area contributed by atoms with Gasteiger partial charge in [0.15, 0.2) is 0 Å². The van der Waals surface area contributed by atoms with Gasteiger partial charge in [0.05, 0.1) is 12.7 Å². The van der Waals surface area contributed by atoms with Crippen LogP contribution in [0.3, 0.4) is 0 Å². The lowest BCUT2D eigenvalue weighted by molar-refractivity contribution is 0.105. The minimum absolute atomic E-state index is 0.267. The van der Waals surface area contributed by atoms with Gasteiger partial charge in [0.2, 0.25) is 0 Å². The zero-order valence-electron chi connectivity index (χ0n) is 14.9. The normalized spacial score (nSPS) is 20.7. The fraction of sp³-hybridized carbons (Fsp3) is 0.450. The van der Waals surface area contributed by atoms with Crippen molar-refractivity contribution >= 4 is 0 Å². The number of ether oxygens (including phenoxy) is 3. The fourth-order valence-electron chi connectivity index (χ4n) is 3.31. The molecule has 2 heterocycles. The van der Waals surface area contributed by atoms with Crippen molar-refractivity contribution in [2.24, 2.45) is 0 Å². The van der Waals surface area contributed by atoms with Crippen molar-refractivity contribution in [2.75, 3.05) is 27.4 Å². The second-order valence-electron chi connectivity index (χ2n) is 6.39. The summed E-state index contributed by atoms with van der Waals surface area (Å²) in [4.78, 5) is 6.56. The molecule has 1 fully saturated rings. The Kier molecular flexibility index (Phi) is 6.39. The molecule has 1 aromatic heterocycles. The zero-order valence-corrected chi connectivity index (χ0v) is 14.9. The number of methoxy groups -OCH3 is 2. The lowest BCUT2D eigenvalue weighted by atomic mass is 10.1. The molecule has 0 N–H and O–H groups in total. The largest absolute Gasteiger partial charge is 0.489 e. The van der Waals surface area contributed by atoms with Crippen molar-refractivity contribution in [3.63, 3.8) is 0 Å². The molecule has 5 nitrogen and oxygen atoms in total. The van der Waals surface area contributed by atoms with Crippen molar-refractivity contribution in [2.45, 2.75) is 31.7 Å². The van der Waals surface area contributed by atoms with Crippen LogP contribution in [0.15, 0.2) is 48.8 Å². The standard InChI is InChI=1S/C20H26N2O3/c1-23-15-18-10-19(24-2)13-22(18)12-17-7-3-4-8-20(17)25-14-16-6-5-9-21-11-16/h3-9,11,18-19H,10,12-15H2,1-2H3/t18-,19-/m0/s1. The summed E-state index contributed by atoms with van der Waals surface area (Å²) >= 11 is 0. The van der Waals surface area contributed by atoms with E-state index in [1.807, 2.05) is 30.5 Å². The van der Waals surface area contributed by atoms with Crippen LogP contribution in [-0.2, 0) is 22.6 Å². The van der Waals surface area contributed by atoms with Gasteiger partial charge < -0.3 is 14.2 Å². The smallest absolute Gasteiger partial charge is 0.124 e. The molecular formula is C20H26N2O3. The van der Waals surface area contributed by atoms with Gasteiger partial charge in [0.25, 0.3) is 0 Å². The molecule has 2 aromatic rings. The van der Waals surface area contributed by atoms with Gasteiger partial charge in [-0.2, -0.15) is 0 Å². The Balaban J connectivity index is 1.67. The molecule has 5 heteroatoms. The van der Waals surface area contributed by atoms with Gasteiger partial charge in [-0.25, -0.2) is 0 Å². The maximum Gasteiger partial charge on any atom is 0.124 e. The first-order valence-electron chi connectivity index (χ1n) is 8.65. The van der Waals surface area contributed by atoms with Crippen LogP contribution in [0.25, 0.3) is 0 Å². The number of nitrogens with zero attached hydrogens (tertiary/aromatic N) is 2. The second-order valence-corrected chi connectivity index (χ2v) is 6.39. The first-order chi connectivity index (χ1) is 12.3. The number of para-hydroxylation sites is 1. The molecule has 2 atom stereocenters. The first-order valence-corrected chi connectivity index (χ1v) is 8.65. The number of hydrogen-bond acceptors (Lipinski definition) is 5. The third kappa shape index (κ3) is 4.78. The number of likely N-dealkylation sites (tertiary alicyclic amines) is 1. The summed E-state index contributed by atoms with van der Waals surface area (Å²) < 4.78 is 17.0. The van der Waals surface area contributed by atoms with E-state index in [0.29, 0.717) is 12.6 Å². The minimum Gasteiger partial charge on any atom is -0.489 e. The van der Waals surface area contributed by atoms with E-state index in [4.69, 9.17) is 14.2 Å². The second kappa shape index (κ2) is 8.94. The monoisotopic (exact) mass is 342 g/mol. The zero-order chi connectivity index (χ0) is 17.5. The number of pyridine rings is 1. The number of hydrogen-bond donors (Lipinski definition) is 0. The summed E-state index contributed by atoms with van der Waals surface area (Å²) in [7, 11) is 3.53. The van der Waals surface area contributed by atoms with Crippen LogP contribution in [0.4, 0.5) is 0 Å². The SMILES string of the molecule is COC[C@@H]1C[C@H](OC)CN1Cc1ccccc1OCc1cccnc1. The maximum atomic E-state index is 6.05. The predicted octanol–water partition coefficient (Wildman–Crippen LogP) is 2.90. The third-order valence-corrected chi connectivity index (χ3v) is 4.65. The predicted molar refractivity (Wildman–Crippen MR) is 96.5 cm³/mol. The first kappa shape index (κ1) is 17.9. The Morgan fingerprint density at radius 2 is 2.04 bits per heavy atom. The molecule has 0 spiro atoms. The van der Waals surface area contributed by atoms with Gasteiger partial charge in [-0.05, 0) is 18.6 Å². The Labute approximate surface area is 149 Å². The lowest BCUT2D eigenvalue weighted by Crippen LogP contribution is -2.32. The Bertz CT molecular complexity index is 650. The Morgan fingerprint density at radius 3 is 2.80 bits per heavy atom.